The minimum absolute atomic E-state index is 0.456. The van der Waals surface area contributed by atoms with Crippen LogP contribution in [-0.4, -0.2) is 18.8 Å². The lowest BCUT2D eigenvalue weighted by Gasteiger charge is -2.24. The third-order valence-corrected chi connectivity index (χ3v) is 2.04. The second-order valence-corrected chi connectivity index (χ2v) is 4.26. The molecule has 0 aromatic rings. The molecule has 0 atom stereocenters. The molecule has 0 saturated carbocycles. The smallest absolute Gasteiger partial charge is 0.00399 e. The summed E-state index contributed by atoms with van der Waals surface area (Å²) < 4.78 is 0. The first-order valence-corrected chi connectivity index (χ1v) is 5.07. The molecule has 11 heavy (non-hydrogen) atoms. The van der Waals surface area contributed by atoms with E-state index in [-0.39, 0.29) is 0 Å². The topological polar surface area (TPSA) is 12.0 Å². The normalized spacial score (nSPS) is 12.0. The van der Waals surface area contributed by atoms with Gasteiger partial charge in [-0.2, -0.15) is 12.6 Å². The van der Waals surface area contributed by atoms with E-state index in [1.807, 2.05) is 0 Å². The number of rotatable bonds is 6. The molecule has 0 aliphatic heterocycles. The molecular weight excluding hydrogens is 154 g/mol. The van der Waals surface area contributed by atoms with Gasteiger partial charge in [-0.05, 0) is 11.8 Å². The van der Waals surface area contributed by atoms with Crippen LogP contribution < -0.4 is 5.32 Å². The Bertz CT molecular complexity index is 91.6. The fourth-order valence-corrected chi connectivity index (χ4v) is 1.43. The first kappa shape index (κ1) is 11.3. The molecule has 0 unspecified atom stereocenters. The molecule has 0 saturated heterocycles. The molecule has 1 nitrogen and oxygen atoms in total. The van der Waals surface area contributed by atoms with Gasteiger partial charge >= 0.3 is 0 Å². The van der Waals surface area contributed by atoms with E-state index in [4.69, 9.17) is 0 Å². The van der Waals surface area contributed by atoms with E-state index in [0.717, 1.165) is 18.8 Å². The Morgan fingerprint density at radius 3 is 2.45 bits per heavy atom. The van der Waals surface area contributed by atoms with Crippen molar-refractivity contribution in [3.63, 3.8) is 0 Å². The first-order chi connectivity index (χ1) is 5.12. The van der Waals surface area contributed by atoms with E-state index in [2.05, 4.69) is 38.7 Å². The molecule has 0 heterocycles. The molecule has 0 rings (SSSR count). The molecule has 0 aromatic heterocycles. The largest absolute Gasteiger partial charge is 0.315 e. The van der Waals surface area contributed by atoms with Crippen LogP contribution in [-0.2, 0) is 0 Å². The highest BCUT2D eigenvalue weighted by Crippen LogP contribution is 2.20. The Hall–Kier alpha value is 0.310. The number of nitrogens with one attached hydrogen (secondary N) is 1. The van der Waals surface area contributed by atoms with Crippen LogP contribution in [0.3, 0.4) is 0 Å². The summed E-state index contributed by atoms with van der Waals surface area (Å²) in [6.07, 6.45) is 2.57. The van der Waals surface area contributed by atoms with Gasteiger partial charge in [-0.3, -0.25) is 0 Å². The molecule has 0 aliphatic rings. The maximum absolute atomic E-state index is 4.14. The molecular formula is C9H21NS. The SMILES string of the molecule is CCCC(C)(C)CNCCS. The van der Waals surface area contributed by atoms with Gasteiger partial charge < -0.3 is 5.32 Å². The Balaban J connectivity index is 3.38. The fourth-order valence-electron chi connectivity index (χ4n) is 1.27. The highest BCUT2D eigenvalue weighted by Gasteiger charge is 2.14. The molecule has 0 bridgehead atoms. The van der Waals surface area contributed by atoms with Crippen LogP contribution >= 0.6 is 12.6 Å². The van der Waals surface area contributed by atoms with Crippen molar-refractivity contribution in [3.05, 3.63) is 0 Å². The molecule has 2 heteroatoms. The zero-order valence-corrected chi connectivity index (χ0v) is 8.88. The van der Waals surface area contributed by atoms with E-state index in [1.165, 1.54) is 12.8 Å². The van der Waals surface area contributed by atoms with Crippen LogP contribution in [0.2, 0.25) is 0 Å². The van der Waals surface area contributed by atoms with Crippen LogP contribution in [0, 0.1) is 5.41 Å². The van der Waals surface area contributed by atoms with E-state index >= 15 is 0 Å². The predicted octanol–water partition coefficient (Wildman–Crippen LogP) is 2.33. The summed E-state index contributed by atoms with van der Waals surface area (Å²) in [5, 5.41) is 3.38. The van der Waals surface area contributed by atoms with Gasteiger partial charge in [-0.1, -0.05) is 27.2 Å². The predicted molar refractivity (Wildman–Crippen MR) is 55.4 cm³/mol. The standard InChI is InChI=1S/C9H21NS/c1-4-5-9(2,3)8-10-6-7-11/h10-11H,4-8H2,1-3H3. The monoisotopic (exact) mass is 175 g/mol. The van der Waals surface area contributed by atoms with Gasteiger partial charge in [0.2, 0.25) is 0 Å². The van der Waals surface area contributed by atoms with Gasteiger partial charge in [0.15, 0.2) is 0 Å². The summed E-state index contributed by atoms with van der Waals surface area (Å²) in [6, 6.07) is 0. The molecule has 0 amide bonds. The zero-order valence-electron chi connectivity index (χ0n) is 7.98. The minimum Gasteiger partial charge on any atom is -0.315 e. The summed E-state index contributed by atoms with van der Waals surface area (Å²) in [4.78, 5) is 0. The maximum Gasteiger partial charge on any atom is 0.00399 e. The van der Waals surface area contributed by atoms with Crippen LogP contribution in [0.15, 0.2) is 0 Å². The number of hydrogen-bond donors (Lipinski definition) is 2. The van der Waals surface area contributed by atoms with Crippen molar-refractivity contribution in [2.24, 2.45) is 5.41 Å². The minimum atomic E-state index is 0.456. The van der Waals surface area contributed by atoms with E-state index in [9.17, 15) is 0 Å². The summed E-state index contributed by atoms with van der Waals surface area (Å²) in [5.74, 6) is 0.933. The van der Waals surface area contributed by atoms with Crippen molar-refractivity contribution in [3.8, 4) is 0 Å². The second kappa shape index (κ2) is 5.90. The Kier molecular flexibility index (Phi) is 6.06. The van der Waals surface area contributed by atoms with Crippen LogP contribution in [0.25, 0.3) is 0 Å². The third-order valence-electron chi connectivity index (χ3n) is 1.82. The first-order valence-electron chi connectivity index (χ1n) is 4.44. The Labute approximate surface area is 76.4 Å². The number of hydrogen-bond acceptors (Lipinski definition) is 2. The molecule has 0 aliphatic carbocycles. The molecule has 0 spiro atoms. The van der Waals surface area contributed by atoms with E-state index < -0.39 is 0 Å². The lowest BCUT2D eigenvalue weighted by molar-refractivity contribution is 0.315. The van der Waals surface area contributed by atoms with Gasteiger partial charge in [0, 0.05) is 18.8 Å². The Morgan fingerprint density at radius 2 is 2.00 bits per heavy atom. The maximum atomic E-state index is 4.14. The highest BCUT2D eigenvalue weighted by molar-refractivity contribution is 7.80. The molecule has 1 N–H and O–H groups in total. The van der Waals surface area contributed by atoms with Gasteiger partial charge in [-0.15, -0.1) is 0 Å². The van der Waals surface area contributed by atoms with Crippen molar-refractivity contribution in [1.29, 1.82) is 0 Å². The Morgan fingerprint density at radius 1 is 1.36 bits per heavy atom. The van der Waals surface area contributed by atoms with Crippen molar-refractivity contribution >= 4 is 12.6 Å². The summed E-state index contributed by atoms with van der Waals surface area (Å²) >= 11 is 4.14. The highest BCUT2D eigenvalue weighted by atomic mass is 32.1. The molecule has 0 radical (unpaired) electrons. The van der Waals surface area contributed by atoms with Crippen molar-refractivity contribution in [2.75, 3.05) is 18.8 Å². The van der Waals surface area contributed by atoms with Crippen molar-refractivity contribution in [2.45, 2.75) is 33.6 Å². The molecule has 0 aromatic carbocycles. The molecule has 68 valence electrons. The second-order valence-electron chi connectivity index (χ2n) is 3.81. The van der Waals surface area contributed by atoms with E-state index in [1.54, 1.807) is 0 Å². The molecule has 0 fully saturated rings. The van der Waals surface area contributed by atoms with Crippen molar-refractivity contribution in [1.82, 2.24) is 5.32 Å². The van der Waals surface area contributed by atoms with E-state index in [0.29, 0.717) is 5.41 Å². The average Bonchev–Trinajstić information content (AvgIpc) is 1.87. The van der Waals surface area contributed by atoms with Crippen LogP contribution in [0.1, 0.15) is 33.6 Å². The fraction of sp³-hybridized carbons (Fsp3) is 1.00. The quantitative estimate of drug-likeness (QED) is 0.466. The lowest BCUT2D eigenvalue weighted by atomic mass is 9.88. The lowest BCUT2D eigenvalue weighted by Crippen LogP contribution is -2.30. The zero-order chi connectivity index (χ0) is 8.74. The number of thiol groups is 1. The average molecular weight is 175 g/mol. The summed E-state index contributed by atoms with van der Waals surface area (Å²) in [7, 11) is 0. The third kappa shape index (κ3) is 6.70. The summed E-state index contributed by atoms with van der Waals surface area (Å²) in [6.45, 7) is 8.99. The van der Waals surface area contributed by atoms with Crippen LogP contribution in [0.4, 0.5) is 0 Å². The van der Waals surface area contributed by atoms with Gasteiger partial charge in [0.05, 0.1) is 0 Å². The van der Waals surface area contributed by atoms with Crippen molar-refractivity contribution < 1.29 is 0 Å². The van der Waals surface area contributed by atoms with Gasteiger partial charge in [0.1, 0.15) is 0 Å². The van der Waals surface area contributed by atoms with Gasteiger partial charge in [0.25, 0.3) is 0 Å². The van der Waals surface area contributed by atoms with Gasteiger partial charge in [-0.25, -0.2) is 0 Å². The summed E-state index contributed by atoms with van der Waals surface area (Å²) in [5.41, 5.74) is 0.456. The van der Waals surface area contributed by atoms with Crippen LogP contribution in [0.5, 0.6) is 0 Å².